The average Bonchev–Trinajstić information content (AvgIpc) is 2.76. The Hall–Kier alpha value is -2.63. The van der Waals surface area contributed by atoms with Gasteiger partial charge in [0.25, 0.3) is 0 Å². The number of hydrogen-bond donors (Lipinski definition) is 1. The third-order valence-corrected chi connectivity index (χ3v) is 6.30. The fraction of sp³-hybridized carbons (Fsp3) is 0.308. The van der Waals surface area contributed by atoms with Gasteiger partial charge >= 0.3 is 6.18 Å². The molecule has 3 aromatic carbocycles. The van der Waals surface area contributed by atoms with Gasteiger partial charge in [-0.15, -0.1) is 0 Å². The zero-order valence-corrected chi connectivity index (χ0v) is 17.3. The third-order valence-electron chi connectivity index (χ3n) is 6.30. The Morgan fingerprint density at radius 1 is 0.839 bits per heavy atom. The van der Waals surface area contributed by atoms with Crippen LogP contribution in [0.5, 0.6) is 0 Å². The maximum Gasteiger partial charge on any atom is 0.416 e. The number of nitrogens with zero attached hydrogens (tertiary/aromatic N) is 1. The van der Waals surface area contributed by atoms with Crippen LogP contribution in [0.3, 0.4) is 0 Å². The largest absolute Gasteiger partial charge is 0.416 e. The Labute approximate surface area is 181 Å². The molecule has 162 valence electrons. The van der Waals surface area contributed by atoms with E-state index in [-0.39, 0.29) is 12.0 Å². The first-order valence-corrected chi connectivity index (χ1v) is 10.7. The van der Waals surface area contributed by atoms with Crippen molar-refractivity contribution in [3.8, 4) is 0 Å². The Kier molecular flexibility index (Phi) is 6.44. The van der Waals surface area contributed by atoms with Gasteiger partial charge in [-0.3, -0.25) is 4.90 Å². The summed E-state index contributed by atoms with van der Waals surface area (Å²) >= 11 is 0. The Balaban J connectivity index is 1.46. The van der Waals surface area contributed by atoms with Crippen LogP contribution in [0.4, 0.5) is 13.2 Å². The number of halogens is 3. The highest BCUT2D eigenvalue weighted by molar-refractivity contribution is 5.33. The van der Waals surface area contributed by atoms with Crippen molar-refractivity contribution in [2.75, 3.05) is 13.1 Å². The van der Waals surface area contributed by atoms with E-state index >= 15 is 0 Å². The van der Waals surface area contributed by atoms with Gasteiger partial charge in [0, 0.05) is 24.5 Å². The Morgan fingerprint density at radius 3 is 1.94 bits per heavy atom. The van der Waals surface area contributed by atoms with E-state index in [4.69, 9.17) is 5.73 Å². The number of rotatable bonds is 7. The second-order valence-corrected chi connectivity index (χ2v) is 8.20. The van der Waals surface area contributed by atoms with Crippen LogP contribution in [-0.4, -0.2) is 24.0 Å². The minimum Gasteiger partial charge on any atom is -0.323 e. The van der Waals surface area contributed by atoms with E-state index in [1.54, 1.807) is 6.07 Å². The van der Waals surface area contributed by atoms with Crippen molar-refractivity contribution in [3.05, 3.63) is 107 Å². The van der Waals surface area contributed by atoms with Crippen LogP contribution >= 0.6 is 0 Å². The molecule has 2 atom stereocenters. The van der Waals surface area contributed by atoms with Crippen LogP contribution in [-0.2, 0) is 6.18 Å². The number of benzene rings is 3. The summed E-state index contributed by atoms with van der Waals surface area (Å²) in [5.74, 6) is 0.272. The van der Waals surface area contributed by atoms with Gasteiger partial charge in [-0.1, -0.05) is 72.8 Å². The van der Waals surface area contributed by atoms with E-state index in [1.807, 2.05) is 12.1 Å². The summed E-state index contributed by atoms with van der Waals surface area (Å²) in [6.07, 6.45) is -2.52. The van der Waals surface area contributed by atoms with Gasteiger partial charge in [-0.05, 0) is 48.2 Å². The molecule has 1 aliphatic heterocycles. The van der Waals surface area contributed by atoms with Crippen LogP contribution in [0.15, 0.2) is 84.9 Å². The molecule has 1 fully saturated rings. The second kappa shape index (κ2) is 9.25. The fourth-order valence-electron chi connectivity index (χ4n) is 4.48. The summed E-state index contributed by atoms with van der Waals surface area (Å²) in [6, 6.07) is 25.9. The molecule has 0 amide bonds. The number of nitrogens with two attached hydrogens (primary N) is 1. The minimum absolute atomic E-state index is 0.0654. The van der Waals surface area contributed by atoms with Crippen molar-refractivity contribution < 1.29 is 13.2 Å². The number of hydrogen-bond acceptors (Lipinski definition) is 2. The van der Waals surface area contributed by atoms with Gasteiger partial charge in [0.15, 0.2) is 0 Å². The first kappa shape index (κ1) is 21.6. The monoisotopic (exact) mass is 424 g/mol. The predicted octanol–water partition coefficient (Wildman–Crippen LogP) is 6.00. The third kappa shape index (κ3) is 5.00. The zero-order valence-electron chi connectivity index (χ0n) is 17.3. The standard InChI is InChI=1S/C26H27F3N2/c27-26(28,29)22-13-7-12-21(18-22)25(30)24-15-17-31(24)16-14-23(19-8-3-1-4-9-19)20-10-5-2-6-11-20/h1-13,18,23-25H,14-17,30H2/t24-,25+/m0/s1. The molecule has 1 saturated heterocycles. The molecule has 0 aliphatic carbocycles. The summed E-state index contributed by atoms with van der Waals surface area (Å²) in [5.41, 5.74) is 8.87. The highest BCUT2D eigenvalue weighted by atomic mass is 19.4. The molecule has 4 rings (SSSR count). The van der Waals surface area contributed by atoms with Crippen LogP contribution < -0.4 is 5.73 Å². The van der Waals surface area contributed by atoms with E-state index in [1.165, 1.54) is 23.3 Å². The van der Waals surface area contributed by atoms with Gasteiger partial charge in [-0.25, -0.2) is 0 Å². The highest BCUT2D eigenvalue weighted by Gasteiger charge is 2.36. The first-order valence-electron chi connectivity index (χ1n) is 10.7. The van der Waals surface area contributed by atoms with Gasteiger partial charge in [0.05, 0.1) is 5.56 Å². The molecule has 2 nitrogen and oxygen atoms in total. The average molecular weight is 425 g/mol. The summed E-state index contributed by atoms with van der Waals surface area (Å²) in [5, 5.41) is 0. The lowest BCUT2D eigenvalue weighted by molar-refractivity contribution is -0.137. The van der Waals surface area contributed by atoms with Crippen molar-refractivity contribution in [1.82, 2.24) is 4.90 Å². The molecule has 0 radical (unpaired) electrons. The summed E-state index contributed by atoms with van der Waals surface area (Å²) in [7, 11) is 0. The zero-order chi connectivity index (χ0) is 21.8. The van der Waals surface area contributed by atoms with E-state index < -0.39 is 17.8 Å². The summed E-state index contributed by atoms with van der Waals surface area (Å²) in [4.78, 5) is 2.31. The molecule has 5 heteroatoms. The Morgan fingerprint density at radius 2 is 1.42 bits per heavy atom. The maximum absolute atomic E-state index is 13.1. The molecule has 31 heavy (non-hydrogen) atoms. The quantitative estimate of drug-likeness (QED) is 0.504. The fourth-order valence-corrected chi connectivity index (χ4v) is 4.48. The molecule has 2 N–H and O–H groups in total. The highest BCUT2D eigenvalue weighted by Crippen LogP contribution is 2.35. The summed E-state index contributed by atoms with van der Waals surface area (Å²) in [6.45, 7) is 1.78. The second-order valence-electron chi connectivity index (χ2n) is 8.20. The molecule has 1 heterocycles. The van der Waals surface area contributed by atoms with Crippen LogP contribution in [0.2, 0.25) is 0 Å². The smallest absolute Gasteiger partial charge is 0.323 e. The van der Waals surface area contributed by atoms with E-state index in [2.05, 4.69) is 53.4 Å². The van der Waals surface area contributed by atoms with Crippen LogP contribution in [0.1, 0.15) is 47.1 Å². The molecule has 3 aromatic rings. The lowest BCUT2D eigenvalue weighted by Gasteiger charge is -2.45. The van der Waals surface area contributed by atoms with E-state index in [0.717, 1.165) is 32.0 Å². The van der Waals surface area contributed by atoms with Crippen molar-refractivity contribution in [2.24, 2.45) is 5.73 Å². The molecule has 0 bridgehead atoms. The molecule has 0 spiro atoms. The maximum atomic E-state index is 13.1. The van der Waals surface area contributed by atoms with Crippen molar-refractivity contribution in [3.63, 3.8) is 0 Å². The SMILES string of the molecule is N[C@H](c1cccc(C(F)(F)F)c1)[C@@H]1CCN1CCC(c1ccccc1)c1ccccc1. The first-order chi connectivity index (χ1) is 14.9. The molecule has 0 aromatic heterocycles. The lowest BCUT2D eigenvalue weighted by atomic mass is 9.86. The van der Waals surface area contributed by atoms with Gasteiger partial charge in [0.1, 0.15) is 0 Å². The number of likely N-dealkylation sites (tertiary alicyclic amines) is 1. The van der Waals surface area contributed by atoms with Crippen molar-refractivity contribution in [2.45, 2.75) is 37.0 Å². The Bertz CT molecular complexity index is 933. The molecular formula is C26H27F3N2. The predicted molar refractivity (Wildman–Crippen MR) is 118 cm³/mol. The van der Waals surface area contributed by atoms with Crippen LogP contribution in [0, 0.1) is 0 Å². The molecular weight excluding hydrogens is 397 g/mol. The molecule has 0 saturated carbocycles. The van der Waals surface area contributed by atoms with Gasteiger partial charge in [-0.2, -0.15) is 13.2 Å². The lowest BCUT2D eigenvalue weighted by Crippen LogP contribution is -2.53. The van der Waals surface area contributed by atoms with E-state index in [9.17, 15) is 13.2 Å². The number of alkyl halides is 3. The molecule has 1 aliphatic rings. The van der Waals surface area contributed by atoms with Crippen LogP contribution in [0.25, 0.3) is 0 Å². The van der Waals surface area contributed by atoms with Crippen molar-refractivity contribution in [1.29, 1.82) is 0 Å². The van der Waals surface area contributed by atoms with E-state index in [0.29, 0.717) is 5.56 Å². The summed E-state index contributed by atoms with van der Waals surface area (Å²) < 4.78 is 39.3. The van der Waals surface area contributed by atoms with Gasteiger partial charge < -0.3 is 5.73 Å². The normalized spacial score (nSPS) is 18.0. The minimum atomic E-state index is -4.35. The van der Waals surface area contributed by atoms with Crippen molar-refractivity contribution >= 4 is 0 Å². The topological polar surface area (TPSA) is 29.3 Å². The molecule has 0 unspecified atom stereocenters. The van der Waals surface area contributed by atoms with Gasteiger partial charge in [0.2, 0.25) is 0 Å².